The average Bonchev–Trinajstić information content (AvgIpc) is 3.22. The number of amides is 1. The lowest BCUT2D eigenvalue weighted by Gasteiger charge is -2.22. The number of hydrogen-bond acceptors (Lipinski definition) is 3. The summed E-state index contributed by atoms with van der Waals surface area (Å²) in [6, 6.07) is -0.529. The summed E-state index contributed by atoms with van der Waals surface area (Å²) in [5, 5.41) is 23.2. The first-order valence-corrected chi connectivity index (χ1v) is 26.7. The van der Waals surface area contributed by atoms with E-state index in [0.29, 0.717) is 12.8 Å². The molecule has 0 aromatic carbocycles. The van der Waals surface area contributed by atoms with E-state index >= 15 is 0 Å². The lowest BCUT2D eigenvalue weighted by Crippen LogP contribution is -2.45. The van der Waals surface area contributed by atoms with Crippen LogP contribution in [0.4, 0.5) is 0 Å². The average molecular weight is 806 g/mol. The maximum Gasteiger partial charge on any atom is 0.220 e. The van der Waals surface area contributed by atoms with Crippen LogP contribution in [0.2, 0.25) is 0 Å². The molecule has 0 aliphatic rings. The summed E-state index contributed by atoms with van der Waals surface area (Å²) < 4.78 is 0. The maximum absolute atomic E-state index is 12.4. The van der Waals surface area contributed by atoms with Gasteiger partial charge < -0.3 is 15.5 Å². The van der Waals surface area contributed by atoms with Crippen LogP contribution in [-0.2, 0) is 4.79 Å². The first-order chi connectivity index (χ1) is 28.2. The van der Waals surface area contributed by atoms with E-state index < -0.39 is 12.1 Å². The molecular weight excluding hydrogens is 699 g/mol. The molecule has 1 amide bonds. The van der Waals surface area contributed by atoms with Gasteiger partial charge in [-0.2, -0.15) is 0 Å². The molecule has 0 rings (SSSR count). The summed E-state index contributed by atoms with van der Waals surface area (Å²) in [4.78, 5) is 12.4. The van der Waals surface area contributed by atoms with Crippen molar-refractivity contribution >= 4 is 5.91 Å². The summed E-state index contributed by atoms with van der Waals surface area (Å²) in [5.41, 5.74) is 0. The van der Waals surface area contributed by atoms with E-state index in [0.717, 1.165) is 25.7 Å². The maximum atomic E-state index is 12.4. The van der Waals surface area contributed by atoms with Crippen LogP contribution in [-0.4, -0.2) is 34.9 Å². The number of carbonyl (C=O) groups excluding carboxylic acids is 1. The topological polar surface area (TPSA) is 69.6 Å². The summed E-state index contributed by atoms with van der Waals surface area (Å²) in [6.07, 6.45) is 62.4. The molecule has 4 heteroatoms. The lowest BCUT2D eigenvalue weighted by molar-refractivity contribution is -0.123. The zero-order valence-electron chi connectivity index (χ0n) is 39.4. The number of nitrogens with one attached hydrogen (secondary N) is 1. The Morgan fingerprint density at radius 3 is 0.789 bits per heavy atom. The molecule has 0 aromatic heterocycles. The minimum Gasteiger partial charge on any atom is -0.394 e. The van der Waals surface area contributed by atoms with Crippen LogP contribution >= 0.6 is 0 Å². The van der Waals surface area contributed by atoms with Gasteiger partial charge >= 0.3 is 0 Å². The fraction of sp³-hybridized carbons (Fsp3) is 0.981. The molecule has 0 saturated heterocycles. The van der Waals surface area contributed by atoms with E-state index in [1.807, 2.05) is 0 Å². The Bertz CT molecular complexity index is 744. The second kappa shape index (κ2) is 49.8. The summed E-state index contributed by atoms with van der Waals surface area (Å²) >= 11 is 0. The molecule has 0 heterocycles. The second-order valence-electron chi connectivity index (χ2n) is 18.7. The highest BCUT2D eigenvalue weighted by molar-refractivity contribution is 5.76. The van der Waals surface area contributed by atoms with Crippen molar-refractivity contribution in [3.05, 3.63) is 0 Å². The van der Waals surface area contributed by atoms with Crippen molar-refractivity contribution in [3.8, 4) is 0 Å². The molecule has 342 valence electrons. The molecule has 2 unspecified atom stereocenters. The Morgan fingerprint density at radius 2 is 0.561 bits per heavy atom. The van der Waals surface area contributed by atoms with Crippen LogP contribution < -0.4 is 5.32 Å². The van der Waals surface area contributed by atoms with Crippen LogP contribution in [0.15, 0.2) is 0 Å². The molecule has 0 spiro atoms. The number of aliphatic hydroxyl groups is 2. The molecule has 0 aromatic rings. The van der Waals surface area contributed by atoms with Crippen LogP contribution in [0, 0.1) is 0 Å². The summed E-state index contributed by atoms with van der Waals surface area (Å²) in [6.45, 7) is 4.38. The van der Waals surface area contributed by atoms with Gasteiger partial charge in [0.1, 0.15) is 0 Å². The minimum absolute atomic E-state index is 0.0265. The van der Waals surface area contributed by atoms with Crippen molar-refractivity contribution in [2.45, 2.75) is 328 Å². The van der Waals surface area contributed by atoms with E-state index in [-0.39, 0.29) is 12.5 Å². The molecule has 0 aliphatic carbocycles. The van der Waals surface area contributed by atoms with Gasteiger partial charge in [-0.3, -0.25) is 4.79 Å². The number of hydrogen-bond donors (Lipinski definition) is 3. The molecule has 0 saturated carbocycles. The van der Waals surface area contributed by atoms with Crippen LogP contribution in [0.25, 0.3) is 0 Å². The van der Waals surface area contributed by atoms with Gasteiger partial charge in [-0.25, -0.2) is 0 Å². The molecule has 0 radical (unpaired) electrons. The zero-order valence-corrected chi connectivity index (χ0v) is 39.4. The Balaban J connectivity index is 3.34. The molecule has 2 atom stereocenters. The Morgan fingerprint density at radius 1 is 0.351 bits per heavy atom. The summed E-state index contributed by atoms with van der Waals surface area (Å²) in [7, 11) is 0. The van der Waals surface area contributed by atoms with Crippen molar-refractivity contribution in [2.24, 2.45) is 0 Å². The van der Waals surface area contributed by atoms with Crippen molar-refractivity contribution in [2.75, 3.05) is 6.61 Å². The van der Waals surface area contributed by atoms with E-state index in [2.05, 4.69) is 19.2 Å². The smallest absolute Gasteiger partial charge is 0.220 e. The van der Waals surface area contributed by atoms with E-state index in [1.165, 1.54) is 263 Å². The highest BCUT2D eigenvalue weighted by Crippen LogP contribution is 2.18. The van der Waals surface area contributed by atoms with E-state index in [1.54, 1.807) is 0 Å². The normalized spacial score (nSPS) is 12.7. The third kappa shape index (κ3) is 46.3. The fourth-order valence-corrected chi connectivity index (χ4v) is 8.78. The molecular formula is C53H107NO3. The Kier molecular flexibility index (Phi) is 49.2. The predicted molar refractivity (Wildman–Crippen MR) is 253 cm³/mol. The first-order valence-electron chi connectivity index (χ1n) is 26.7. The number of unbranched alkanes of at least 4 members (excludes halogenated alkanes) is 43. The van der Waals surface area contributed by atoms with Crippen molar-refractivity contribution < 1.29 is 15.0 Å². The van der Waals surface area contributed by atoms with Gasteiger partial charge in [0.15, 0.2) is 0 Å². The standard InChI is InChI=1S/C53H107NO3/c1-3-5-7-9-11-13-15-17-18-19-20-21-22-23-24-25-26-27-28-29-30-31-32-33-34-35-36-37-38-40-42-44-46-48-52(56)51(50-55)54-53(57)49-47-45-43-41-39-16-14-12-10-8-6-4-2/h51-52,55-56H,3-50H2,1-2H3,(H,54,57). The van der Waals surface area contributed by atoms with Crippen LogP contribution in [0.5, 0.6) is 0 Å². The zero-order chi connectivity index (χ0) is 41.4. The van der Waals surface area contributed by atoms with Gasteiger partial charge in [0.2, 0.25) is 5.91 Å². The third-order valence-electron chi connectivity index (χ3n) is 12.9. The highest BCUT2D eigenvalue weighted by atomic mass is 16.3. The first kappa shape index (κ1) is 56.4. The number of carbonyl (C=O) groups is 1. The van der Waals surface area contributed by atoms with Gasteiger partial charge in [0.05, 0.1) is 18.8 Å². The van der Waals surface area contributed by atoms with Gasteiger partial charge in [0, 0.05) is 6.42 Å². The molecule has 4 nitrogen and oxygen atoms in total. The minimum atomic E-state index is -0.653. The third-order valence-corrected chi connectivity index (χ3v) is 12.9. The molecule has 3 N–H and O–H groups in total. The number of aliphatic hydroxyl groups excluding tert-OH is 2. The van der Waals surface area contributed by atoms with Crippen molar-refractivity contribution in [1.29, 1.82) is 0 Å². The van der Waals surface area contributed by atoms with E-state index in [9.17, 15) is 15.0 Å². The lowest BCUT2D eigenvalue weighted by atomic mass is 10.0. The Labute approximate surface area is 359 Å². The van der Waals surface area contributed by atoms with E-state index in [4.69, 9.17) is 0 Å². The number of rotatable bonds is 50. The van der Waals surface area contributed by atoms with Crippen LogP contribution in [0.3, 0.4) is 0 Å². The van der Waals surface area contributed by atoms with Gasteiger partial charge in [-0.15, -0.1) is 0 Å². The molecule has 0 bridgehead atoms. The quantitative estimate of drug-likeness (QED) is 0.0536. The van der Waals surface area contributed by atoms with Crippen molar-refractivity contribution in [1.82, 2.24) is 5.32 Å². The second-order valence-corrected chi connectivity index (χ2v) is 18.7. The molecule has 57 heavy (non-hydrogen) atoms. The monoisotopic (exact) mass is 806 g/mol. The fourth-order valence-electron chi connectivity index (χ4n) is 8.78. The van der Waals surface area contributed by atoms with Gasteiger partial charge in [-0.05, 0) is 12.8 Å². The van der Waals surface area contributed by atoms with Crippen LogP contribution in [0.1, 0.15) is 316 Å². The van der Waals surface area contributed by atoms with Crippen molar-refractivity contribution in [3.63, 3.8) is 0 Å². The van der Waals surface area contributed by atoms with Gasteiger partial charge in [0.25, 0.3) is 0 Å². The SMILES string of the molecule is CCCCCCCCCCCCCCCCCCCCCCCCCCCCCCCCCCCC(O)C(CO)NC(=O)CCCCCCCCCCCCCC. The van der Waals surface area contributed by atoms with Gasteiger partial charge in [-0.1, -0.05) is 296 Å². The molecule has 0 aliphatic heterocycles. The largest absolute Gasteiger partial charge is 0.394 e. The highest BCUT2D eigenvalue weighted by Gasteiger charge is 2.20. The molecule has 0 fully saturated rings. The Hall–Kier alpha value is -0.610. The predicted octanol–water partition coefficient (Wildman–Crippen LogP) is 17.2. The summed E-state index contributed by atoms with van der Waals surface area (Å²) in [5.74, 6) is -0.0265.